The van der Waals surface area contributed by atoms with Gasteiger partial charge in [-0.25, -0.2) is 4.98 Å². The minimum absolute atomic E-state index is 0.0943. The smallest absolute Gasteiger partial charge is 0.206 e. The molecule has 2 N–H and O–H groups in total. The van der Waals surface area contributed by atoms with Crippen LogP contribution in [0.5, 0.6) is 5.75 Å². The minimum atomic E-state index is -0.0943. The number of thiazole rings is 1. The maximum atomic E-state index is 12.9. The van der Waals surface area contributed by atoms with Gasteiger partial charge in [0.2, 0.25) is 5.78 Å². The summed E-state index contributed by atoms with van der Waals surface area (Å²) in [6, 6.07) is 16.7. The van der Waals surface area contributed by atoms with Crippen molar-refractivity contribution in [1.82, 2.24) is 4.98 Å². The Morgan fingerprint density at radius 3 is 2.50 bits per heavy atom. The summed E-state index contributed by atoms with van der Waals surface area (Å²) in [4.78, 5) is 18.0. The van der Waals surface area contributed by atoms with Crippen molar-refractivity contribution in [3.05, 3.63) is 65.0 Å². The number of benzene rings is 2. The fourth-order valence-electron chi connectivity index (χ4n) is 2.37. The first kappa shape index (κ1) is 19.6. The molecule has 3 rings (SSSR count). The number of carbonyl (C=O) groups is 1. The largest absolute Gasteiger partial charge is 0.497 e. The number of methoxy groups -OCH3 is 1. The summed E-state index contributed by atoms with van der Waals surface area (Å²) in [5.74, 6) is 1.40. The number of hydrogen-bond donors (Lipinski definition) is 2. The lowest BCUT2D eigenvalue weighted by Crippen LogP contribution is -2.03. The number of nitrogens with one attached hydrogen (secondary N) is 2. The third-order valence-corrected chi connectivity index (χ3v) is 4.72. The molecule has 1 heterocycles. The summed E-state index contributed by atoms with van der Waals surface area (Å²) in [5, 5.41) is 8.03. The second-order valence-corrected chi connectivity index (χ2v) is 7.38. The molecule has 3 aromatic rings. The molecule has 0 fully saturated rings. The van der Waals surface area contributed by atoms with Gasteiger partial charge in [0, 0.05) is 17.5 Å². The van der Waals surface area contributed by atoms with Gasteiger partial charge in [0.1, 0.15) is 10.6 Å². The highest BCUT2D eigenvalue weighted by Crippen LogP contribution is 2.32. The topological polar surface area (TPSA) is 75.6 Å². The molecule has 0 saturated carbocycles. The van der Waals surface area contributed by atoms with E-state index in [1.54, 1.807) is 25.5 Å². The van der Waals surface area contributed by atoms with Gasteiger partial charge in [-0.15, -0.1) is 0 Å². The lowest BCUT2D eigenvalue weighted by atomic mass is 10.1. The first-order chi connectivity index (χ1) is 13.6. The van der Waals surface area contributed by atoms with Gasteiger partial charge in [-0.2, -0.15) is 5.10 Å². The van der Waals surface area contributed by atoms with Crippen molar-refractivity contribution in [1.29, 1.82) is 0 Å². The lowest BCUT2D eigenvalue weighted by molar-refractivity contribution is 0.104. The van der Waals surface area contributed by atoms with Crippen LogP contribution in [0.2, 0.25) is 0 Å². The summed E-state index contributed by atoms with van der Waals surface area (Å²) in [7, 11) is 1.63. The third-order valence-electron chi connectivity index (χ3n) is 3.75. The number of hydrogen-bond acceptors (Lipinski definition) is 7. The van der Waals surface area contributed by atoms with Gasteiger partial charge >= 0.3 is 0 Å². The summed E-state index contributed by atoms with van der Waals surface area (Å²) in [6.45, 7) is 4.05. The van der Waals surface area contributed by atoms with E-state index in [1.807, 2.05) is 56.3 Å². The zero-order valence-corrected chi connectivity index (χ0v) is 16.8. The van der Waals surface area contributed by atoms with E-state index in [2.05, 4.69) is 20.8 Å². The Bertz CT molecular complexity index is 950. The normalized spacial score (nSPS) is 11.0. The van der Waals surface area contributed by atoms with Crippen molar-refractivity contribution in [2.24, 2.45) is 11.0 Å². The average molecular weight is 395 g/mol. The summed E-state index contributed by atoms with van der Waals surface area (Å²) < 4.78 is 5.18. The molecule has 0 bridgehead atoms. The van der Waals surface area contributed by atoms with E-state index in [1.165, 1.54) is 11.3 Å². The van der Waals surface area contributed by atoms with E-state index >= 15 is 0 Å². The van der Waals surface area contributed by atoms with Crippen molar-refractivity contribution in [3.63, 3.8) is 0 Å². The molecule has 0 unspecified atom stereocenters. The molecule has 0 radical (unpaired) electrons. The van der Waals surface area contributed by atoms with Crippen LogP contribution in [0, 0.1) is 5.92 Å². The number of anilines is 3. The number of ether oxygens (including phenoxy) is 1. The van der Waals surface area contributed by atoms with E-state index in [-0.39, 0.29) is 11.7 Å². The van der Waals surface area contributed by atoms with Crippen molar-refractivity contribution in [3.8, 4) is 5.75 Å². The monoisotopic (exact) mass is 394 g/mol. The number of hydrazone groups is 1. The predicted octanol–water partition coefficient (Wildman–Crippen LogP) is 5.18. The van der Waals surface area contributed by atoms with Crippen molar-refractivity contribution in [2.45, 2.75) is 13.8 Å². The molecule has 144 valence electrons. The van der Waals surface area contributed by atoms with Crippen LogP contribution in [0.3, 0.4) is 0 Å². The fourth-order valence-corrected chi connectivity index (χ4v) is 3.27. The van der Waals surface area contributed by atoms with Crippen LogP contribution in [0.1, 0.15) is 29.1 Å². The summed E-state index contributed by atoms with van der Waals surface area (Å²) in [5.41, 5.74) is 4.37. The molecule has 0 aliphatic heterocycles. The Kier molecular flexibility index (Phi) is 6.39. The van der Waals surface area contributed by atoms with Crippen LogP contribution in [0.4, 0.5) is 16.6 Å². The van der Waals surface area contributed by atoms with Crippen molar-refractivity contribution < 1.29 is 9.53 Å². The van der Waals surface area contributed by atoms with E-state index in [4.69, 9.17) is 4.74 Å². The maximum Gasteiger partial charge on any atom is 0.206 e. The van der Waals surface area contributed by atoms with Gasteiger partial charge < -0.3 is 10.1 Å². The second-order valence-electron chi connectivity index (χ2n) is 6.38. The van der Waals surface area contributed by atoms with Crippen LogP contribution < -0.4 is 15.5 Å². The lowest BCUT2D eigenvalue weighted by Gasteiger charge is -2.03. The van der Waals surface area contributed by atoms with E-state index in [0.29, 0.717) is 21.4 Å². The highest BCUT2D eigenvalue weighted by atomic mass is 32.1. The van der Waals surface area contributed by atoms with Crippen LogP contribution in [-0.2, 0) is 0 Å². The molecule has 0 spiro atoms. The number of carbonyl (C=O) groups excluding carboxylic acids is 1. The molecular formula is C21H22N4O2S. The van der Waals surface area contributed by atoms with Gasteiger partial charge in [0.15, 0.2) is 10.9 Å². The highest BCUT2D eigenvalue weighted by Gasteiger charge is 2.19. The second kappa shape index (κ2) is 9.14. The molecule has 0 amide bonds. The predicted molar refractivity (Wildman–Crippen MR) is 115 cm³/mol. The quantitative estimate of drug-likeness (QED) is 0.313. The third kappa shape index (κ3) is 4.95. The highest BCUT2D eigenvalue weighted by molar-refractivity contribution is 7.18. The number of nitrogens with zero attached hydrogens (tertiary/aromatic N) is 2. The molecule has 2 aromatic carbocycles. The molecule has 7 heteroatoms. The first-order valence-electron chi connectivity index (χ1n) is 8.87. The Labute approximate surface area is 168 Å². The Morgan fingerprint density at radius 2 is 1.86 bits per heavy atom. The van der Waals surface area contributed by atoms with Crippen molar-refractivity contribution in [2.75, 3.05) is 17.9 Å². The Hall–Kier alpha value is -3.19. The number of aromatic nitrogens is 1. The van der Waals surface area contributed by atoms with Crippen LogP contribution >= 0.6 is 11.3 Å². The molecule has 0 atom stereocenters. The van der Waals surface area contributed by atoms with E-state index in [0.717, 1.165) is 11.4 Å². The molecule has 0 saturated heterocycles. The summed E-state index contributed by atoms with van der Waals surface area (Å²) >= 11 is 1.29. The SMILES string of the molecule is COc1ccc(Nc2nc(NN=CC(C)C)c(C(=O)c3ccccc3)s2)cc1. The number of ketones is 1. The zero-order valence-electron chi connectivity index (χ0n) is 16.0. The van der Waals surface area contributed by atoms with Crippen LogP contribution in [-0.4, -0.2) is 24.1 Å². The minimum Gasteiger partial charge on any atom is -0.497 e. The first-order valence-corrected chi connectivity index (χ1v) is 9.69. The van der Waals surface area contributed by atoms with Gasteiger partial charge in [-0.1, -0.05) is 55.5 Å². The molecule has 0 aliphatic rings. The molecule has 28 heavy (non-hydrogen) atoms. The number of rotatable bonds is 8. The van der Waals surface area contributed by atoms with Gasteiger partial charge in [0.25, 0.3) is 0 Å². The van der Waals surface area contributed by atoms with Gasteiger partial charge in [0.05, 0.1) is 7.11 Å². The Balaban J connectivity index is 1.88. The maximum absolute atomic E-state index is 12.9. The zero-order chi connectivity index (χ0) is 19.9. The molecule has 6 nitrogen and oxygen atoms in total. The van der Waals surface area contributed by atoms with E-state index < -0.39 is 0 Å². The summed E-state index contributed by atoms with van der Waals surface area (Å²) in [6.07, 6.45) is 1.77. The van der Waals surface area contributed by atoms with Gasteiger partial charge in [-0.05, 0) is 30.2 Å². The molecule has 1 aromatic heterocycles. The molecule has 0 aliphatic carbocycles. The fraction of sp³-hybridized carbons (Fsp3) is 0.190. The standard InChI is InChI=1S/C21H22N4O2S/c1-14(2)13-22-25-20-19(18(26)15-7-5-4-6-8-15)28-21(24-20)23-16-9-11-17(27-3)12-10-16/h4-14,25H,1-3H3,(H,23,24). The van der Waals surface area contributed by atoms with E-state index in [9.17, 15) is 4.79 Å². The average Bonchev–Trinajstić information content (AvgIpc) is 3.11. The van der Waals surface area contributed by atoms with Crippen molar-refractivity contribution >= 4 is 40.0 Å². The van der Waals surface area contributed by atoms with Gasteiger partial charge in [-0.3, -0.25) is 10.2 Å². The van der Waals surface area contributed by atoms with Crippen LogP contribution in [0.15, 0.2) is 59.7 Å². The van der Waals surface area contributed by atoms with Crippen LogP contribution in [0.25, 0.3) is 0 Å². The molecular weight excluding hydrogens is 372 g/mol. The Morgan fingerprint density at radius 1 is 1.14 bits per heavy atom.